The van der Waals surface area contributed by atoms with Gasteiger partial charge in [-0.05, 0) is 51.0 Å². The Hall–Kier alpha value is -2.48. The van der Waals surface area contributed by atoms with Crippen molar-refractivity contribution >= 4 is 23.2 Å². The monoisotopic (exact) mass is 428 g/mol. The number of piperidine rings is 2. The zero-order valence-electron chi connectivity index (χ0n) is 17.5. The third kappa shape index (κ3) is 4.19. The highest BCUT2D eigenvalue weighted by Gasteiger charge is 2.36. The SMILES string of the molecule is COc1ccc(C(=O)N2CCC([C@H]3CCCCN3C(=O)c3scnc3C)CC2)cn1. The molecule has 2 aliphatic rings. The molecule has 2 amide bonds. The number of aromatic nitrogens is 2. The number of pyridine rings is 1. The molecule has 1 atom stereocenters. The van der Waals surface area contributed by atoms with Gasteiger partial charge in [-0.1, -0.05) is 0 Å². The summed E-state index contributed by atoms with van der Waals surface area (Å²) in [4.78, 5) is 39.1. The van der Waals surface area contributed by atoms with E-state index in [1.165, 1.54) is 11.3 Å². The second-order valence-corrected chi connectivity index (χ2v) is 8.90. The van der Waals surface area contributed by atoms with Crippen molar-refractivity contribution in [3.63, 3.8) is 0 Å². The number of thiazole rings is 1. The predicted molar refractivity (Wildman–Crippen MR) is 115 cm³/mol. The number of hydrogen-bond acceptors (Lipinski definition) is 6. The third-order valence-corrected chi connectivity index (χ3v) is 7.23. The number of carbonyl (C=O) groups is 2. The molecule has 2 fully saturated rings. The Balaban J connectivity index is 1.40. The van der Waals surface area contributed by atoms with E-state index in [0.29, 0.717) is 30.5 Å². The summed E-state index contributed by atoms with van der Waals surface area (Å²) in [5, 5.41) is 0. The maximum Gasteiger partial charge on any atom is 0.266 e. The van der Waals surface area contributed by atoms with E-state index in [1.807, 2.05) is 11.8 Å². The fraction of sp³-hybridized carbons (Fsp3) is 0.545. The number of methoxy groups -OCH3 is 1. The van der Waals surface area contributed by atoms with Gasteiger partial charge in [-0.2, -0.15) is 0 Å². The van der Waals surface area contributed by atoms with Crippen molar-refractivity contribution in [3.05, 3.63) is 40.0 Å². The number of carbonyl (C=O) groups excluding carboxylic acids is 2. The highest BCUT2D eigenvalue weighted by molar-refractivity contribution is 7.11. The molecule has 4 rings (SSSR count). The fourth-order valence-electron chi connectivity index (χ4n) is 4.63. The van der Waals surface area contributed by atoms with Gasteiger partial charge in [0.25, 0.3) is 11.8 Å². The Morgan fingerprint density at radius 1 is 1.07 bits per heavy atom. The van der Waals surface area contributed by atoms with Crippen LogP contribution >= 0.6 is 11.3 Å². The maximum absolute atomic E-state index is 13.2. The molecule has 0 aromatic carbocycles. The van der Waals surface area contributed by atoms with Crippen LogP contribution in [0.2, 0.25) is 0 Å². The van der Waals surface area contributed by atoms with Crippen LogP contribution in [0, 0.1) is 12.8 Å². The molecule has 0 bridgehead atoms. The van der Waals surface area contributed by atoms with Gasteiger partial charge in [-0.3, -0.25) is 9.59 Å². The summed E-state index contributed by atoms with van der Waals surface area (Å²) in [5.41, 5.74) is 3.16. The molecule has 2 aliphatic heterocycles. The largest absolute Gasteiger partial charge is 0.481 e. The molecule has 2 aromatic heterocycles. The van der Waals surface area contributed by atoms with Gasteiger partial charge in [0.05, 0.1) is 23.9 Å². The molecule has 2 aromatic rings. The van der Waals surface area contributed by atoms with Crippen molar-refractivity contribution in [2.75, 3.05) is 26.7 Å². The summed E-state index contributed by atoms with van der Waals surface area (Å²) < 4.78 is 5.07. The van der Waals surface area contributed by atoms with Gasteiger partial charge in [0.1, 0.15) is 4.88 Å². The molecule has 0 saturated carbocycles. The van der Waals surface area contributed by atoms with E-state index in [9.17, 15) is 9.59 Å². The van der Waals surface area contributed by atoms with E-state index in [1.54, 1.807) is 30.9 Å². The molecule has 7 nitrogen and oxygen atoms in total. The van der Waals surface area contributed by atoms with Crippen molar-refractivity contribution < 1.29 is 14.3 Å². The van der Waals surface area contributed by atoms with Crippen LogP contribution < -0.4 is 4.74 Å². The third-order valence-electron chi connectivity index (χ3n) is 6.31. The summed E-state index contributed by atoms with van der Waals surface area (Å²) in [7, 11) is 1.56. The number of amides is 2. The summed E-state index contributed by atoms with van der Waals surface area (Å²) >= 11 is 1.43. The van der Waals surface area contributed by atoms with E-state index in [2.05, 4.69) is 14.9 Å². The fourth-order valence-corrected chi connectivity index (χ4v) is 5.39. The van der Waals surface area contributed by atoms with Crippen molar-refractivity contribution in [3.8, 4) is 5.88 Å². The molecule has 8 heteroatoms. The summed E-state index contributed by atoms with van der Waals surface area (Å²) in [6.07, 6.45) is 6.68. The van der Waals surface area contributed by atoms with Crippen molar-refractivity contribution in [1.29, 1.82) is 0 Å². The predicted octanol–water partition coefficient (Wildman–Crippen LogP) is 3.40. The normalized spacial score (nSPS) is 20.3. The summed E-state index contributed by atoms with van der Waals surface area (Å²) in [5.74, 6) is 1.08. The molecule has 2 saturated heterocycles. The number of nitrogens with zero attached hydrogens (tertiary/aromatic N) is 4. The van der Waals surface area contributed by atoms with Crippen LogP contribution in [0.1, 0.15) is 57.8 Å². The van der Waals surface area contributed by atoms with Crippen molar-refractivity contribution in [2.24, 2.45) is 5.92 Å². The number of aryl methyl sites for hydroxylation is 1. The molecule has 0 radical (unpaired) electrons. The number of likely N-dealkylation sites (tertiary alicyclic amines) is 2. The van der Waals surface area contributed by atoms with E-state index in [0.717, 1.165) is 49.2 Å². The zero-order chi connectivity index (χ0) is 21.1. The average molecular weight is 429 g/mol. The molecule has 30 heavy (non-hydrogen) atoms. The lowest BCUT2D eigenvalue weighted by Crippen LogP contribution is -2.51. The smallest absolute Gasteiger partial charge is 0.266 e. The first-order valence-corrected chi connectivity index (χ1v) is 11.5. The van der Waals surface area contributed by atoms with Crippen LogP contribution in [0.3, 0.4) is 0 Å². The summed E-state index contributed by atoms with van der Waals surface area (Å²) in [6.45, 7) is 4.15. The quantitative estimate of drug-likeness (QED) is 0.746. The Labute approximate surface area is 181 Å². The molecule has 0 spiro atoms. The molecule has 0 N–H and O–H groups in total. The van der Waals surface area contributed by atoms with Gasteiger partial charge in [-0.15, -0.1) is 11.3 Å². The minimum atomic E-state index is 0.0143. The Kier molecular flexibility index (Phi) is 6.32. The van der Waals surface area contributed by atoms with E-state index in [-0.39, 0.29) is 17.9 Å². The van der Waals surface area contributed by atoms with E-state index >= 15 is 0 Å². The minimum Gasteiger partial charge on any atom is -0.481 e. The van der Waals surface area contributed by atoms with Crippen molar-refractivity contribution in [1.82, 2.24) is 19.8 Å². The molecule has 0 unspecified atom stereocenters. The Morgan fingerprint density at radius 3 is 2.50 bits per heavy atom. The highest BCUT2D eigenvalue weighted by atomic mass is 32.1. The average Bonchev–Trinajstić information content (AvgIpc) is 3.24. The van der Waals surface area contributed by atoms with Gasteiger partial charge < -0.3 is 14.5 Å². The Bertz CT molecular complexity index is 890. The van der Waals surface area contributed by atoms with Gasteiger partial charge in [-0.25, -0.2) is 9.97 Å². The van der Waals surface area contributed by atoms with Crippen LogP contribution in [0.25, 0.3) is 0 Å². The molecule has 4 heterocycles. The molecule has 160 valence electrons. The lowest BCUT2D eigenvalue weighted by molar-refractivity contribution is 0.0377. The lowest BCUT2D eigenvalue weighted by atomic mass is 9.83. The minimum absolute atomic E-state index is 0.0143. The van der Waals surface area contributed by atoms with Gasteiger partial charge in [0.15, 0.2) is 0 Å². The molecular weight excluding hydrogens is 400 g/mol. The first kappa shape index (κ1) is 20.8. The van der Waals surface area contributed by atoms with Gasteiger partial charge in [0.2, 0.25) is 5.88 Å². The number of rotatable bonds is 4. The standard InChI is InChI=1S/C22H28N4O3S/c1-15-20(30-14-24-15)22(28)26-10-4-3-5-18(26)16-8-11-25(12-9-16)21(27)17-6-7-19(29-2)23-13-17/h6-7,13-14,16,18H,3-5,8-12H2,1-2H3/t18-/m1/s1. The van der Waals surface area contributed by atoms with Crippen molar-refractivity contribution in [2.45, 2.75) is 45.1 Å². The lowest BCUT2D eigenvalue weighted by Gasteiger charge is -2.43. The highest BCUT2D eigenvalue weighted by Crippen LogP contribution is 2.32. The Morgan fingerprint density at radius 2 is 1.87 bits per heavy atom. The van der Waals surface area contributed by atoms with Gasteiger partial charge in [0, 0.05) is 37.9 Å². The first-order chi connectivity index (χ1) is 14.6. The molecular formula is C22H28N4O3S. The molecule has 0 aliphatic carbocycles. The van der Waals surface area contributed by atoms with Crippen LogP contribution in [-0.4, -0.2) is 64.4 Å². The number of hydrogen-bond donors (Lipinski definition) is 0. The second kappa shape index (κ2) is 9.12. The summed E-state index contributed by atoms with van der Waals surface area (Å²) in [6, 6.07) is 3.74. The van der Waals surface area contributed by atoms with Crippen LogP contribution in [-0.2, 0) is 0 Å². The van der Waals surface area contributed by atoms with Gasteiger partial charge >= 0.3 is 0 Å². The van der Waals surface area contributed by atoms with E-state index in [4.69, 9.17) is 4.74 Å². The van der Waals surface area contributed by atoms with E-state index < -0.39 is 0 Å². The van der Waals surface area contributed by atoms with Crippen LogP contribution in [0.15, 0.2) is 23.8 Å². The number of ether oxygens (including phenoxy) is 1. The maximum atomic E-state index is 13.2. The topological polar surface area (TPSA) is 75.6 Å². The zero-order valence-corrected chi connectivity index (χ0v) is 18.4. The van der Waals surface area contributed by atoms with Crippen LogP contribution in [0.4, 0.5) is 0 Å². The van der Waals surface area contributed by atoms with Crippen LogP contribution in [0.5, 0.6) is 5.88 Å². The first-order valence-electron chi connectivity index (χ1n) is 10.6. The second-order valence-electron chi connectivity index (χ2n) is 8.05.